The molecule has 0 aliphatic carbocycles. The number of hydrogen-bond donors (Lipinski definition) is 1. The van der Waals surface area contributed by atoms with Crippen molar-refractivity contribution in [2.75, 3.05) is 11.9 Å². The van der Waals surface area contributed by atoms with Crippen molar-refractivity contribution < 1.29 is 9.21 Å². The fraction of sp³-hybridized carbons (Fsp3) is 0.200. The topological polar surface area (TPSA) is 57.8 Å². The number of hydrogen-bond acceptors (Lipinski definition) is 4. The van der Waals surface area contributed by atoms with Gasteiger partial charge in [-0.3, -0.25) is 14.7 Å². The summed E-state index contributed by atoms with van der Waals surface area (Å²) in [5, 5.41) is 3.19. The van der Waals surface area contributed by atoms with Crippen LogP contribution in [0.2, 0.25) is 0 Å². The molecule has 21 heavy (non-hydrogen) atoms. The third-order valence-corrected chi connectivity index (χ3v) is 3.07. The maximum atomic E-state index is 12.1. The lowest BCUT2D eigenvalue weighted by atomic mass is 10.3. The number of aliphatic imine (C=N–C) groups is 1. The molecular formula is C15H16ClN3O2. The van der Waals surface area contributed by atoms with Gasteiger partial charge < -0.3 is 9.73 Å². The van der Waals surface area contributed by atoms with E-state index in [-0.39, 0.29) is 18.3 Å². The number of carbonyl (C=O) groups excluding carboxylic acids is 1. The highest BCUT2D eigenvalue weighted by Crippen LogP contribution is 2.14. The maximum absolute atomic E-state index is 12.1. The van der Waals surface area contributed by atoms with Crippen LogP contribution < -0.4 is 5.32 Å². The van der Waals surface area contributed by atoms with Gasteiger partial charge in [-0.15, -0.1) is 12.4 Å². The zero-order valence-electron chi connectivity index (χ0n) is 11.4. The fourth-order valence-electron chi connectivity index (χ4n) is 2.07. The molecule has 0 saturated carbocycles. The van der Waals surface area contributed by atoms with E-state index in [1.165, 1.54) is 0 Å². The Hall–Kier alpha value is -2.27. The van der Waals surface area contributed by atoms with Crippen molar-refractivity contribution >= 4 is 30.0 Å². The normalized spacial score (nSPS) is 14.4. The number of nitrogens with one attached hydrogen (secondary N) is 1. The van der Waals surface area contributed by atoms with E-state index in [9.17, 15) is 4.79 Å². The Balaban J connectivity index is 0.00000161. The first-order valence-electron chi connectivity index (χ1n) is 6.52. The molecule has 0 unspecified atom stereocenters. The lowest BCUT2D eigenvalue weighted by Crippen LogP contribution is -2.43. The summed E-state index contributed by atoms with van der Waals surface area (Å²) in [5.41, 5.74) is 0.908. The number of amides is 1. The van der Waals surface area contributed by atoms with Gasteiger partial charge in [-0.25, -0.2) is 0 Å². The van der Waals surface area contributed by atoms with E-state index in [1.807, 2.05) is 42.5 Å². The van der Waals surface area contributed by atoms with Gasteiger partial charge in [0.1, 0.15) is 5.76 Å². The second kappa shape index (κ2) is 6.95. The smallest absolute Gasteiger partial charge is 0.231 e. The molecule has 2 aromatic rings. The van der Waals surface area contributed by atoms with E-state index < -0.39 is 0 Å². The minimum absolute atomic E-state index is 0. The van der Waals surface area contributed by atoms with Crippen LogP contribution >= 0.6 is 12.4 Å². The van der Waals surface area contributed by atoms with Crippen molar-refractivity contribution in [3.05, 3.63) is 54.5 Å². The summed E-state index contributed by atoms with van der Waals surface area (Å²) in [6.45, 7) is 0.910. The van der Waals surface area contributed by atoms with Crippen LogP contribution in [0, 0.1) is 0 Å². The van der Waals surface area contributed by atoms with Crippen molar-refractivity contribution in [3.8, 4) is 0 Å². The van der Waals surface area contributed by atoms with Gasteiger partial charge in [0, 0.05) is 12.1 Å². The van der Waals surface area contributed by atoms with Gasteiger partial charge in [0.05, 0.1) is 19.4 Å². The predicted octanol–water partition coefficient (Wildman–Crippen LogP) is 2.90. The fourth-order valence-corrected chi connectivity index (χ4v) is 2.07. The van der Waals surface area contributed by atoms with Crippen LogP contribution in [0.5, 0.6) is 0 Å². The molecule has 0 spiro atoms. The number of furan rings is 1. The molecule has 0 saturated heterocycles. The number of halogens is 1. The molecule has 5 nitrogen and oxygen atoms in total. The molecule has 3 rings (SSSR count). The van der Waals surface area contributed by atoms with Crippen LogP contribution in [0.4, 0.5) is 5.69 Å². The predicted molar refractivity (Wildman–Crippen MR) is 83.5 cm³/mol. The van der Waals surface area contributed by atoms with Crippen LogP contribution in [-0.4, -0.2) is 23.3 Å². The Labute approximate surface area is 129 Å². The first-order chi connectivity index (χ1) is 9.83. The van der Waals surface area contributed by atoms with Crippen LogP contribution in [0.25, 0.3) is 0 Å². The molecule has 6 heteroatoms. The molecule has 1 aliphatic heterocycles. The van der Waals surface area contributed by atoms with E-state index in [0.29, 0.717) is 25.5 Å². The molecule has 0 radical (unpaired) electrons. The SMILES string of the molecule is Cl.O=C1CCN=C(Nc2ccccc2)N1Cc1ccco1. The van der Waals surface area contributed by atoms with Crippen molar-refractivity contribution in [3.63, 3.8) is 0 Å². The summed E-state index contributed by atoms with van der Waals surface area (Å²) < 4.78 is 5.31. The van der Waals surface area contributed by atoms with E-state index in [4.69, 9.17) is 4.42 Å². The molecule has 0 fully saturated rings. The molecule has 2 heterocycles. The third-order valence-electron chi connectivity index (χ3n) is 3.07. The Kier molecular flexibility index (Phi) is 5.00. The van der Waals surface area contributed by atoms with Gasteiger partial charge in [0.15, 0.2) is 0 Å². The highest BCUT2D eigenvalue weighted by molar-refractivity contribution is 6.05. The Bertz CT molecular complexity index is 611. The molecular weight excluding hydrogens is 290 g/mol. The first-order valence-corrected chi connectivity index (χ1v) is 6.52. The van der Waals surface area contributed by atoms with Gasteiger partial charge >= 0.3 is 0 Å². The van der Waals surface area contributed by atoms with Crippen molar-refractivity contribution in [2.24, 2.45) is 4.99 Å². The Morgan fingerprint density at radius 3 is 2.71 bits per heavy atom. The molecule has 1 aromatic carbocycles. The quantitative estimate of drug-likeness (QED) is 0.948. The monoisotopic (exact) mass is 305 g/mol. The third kappa shape index (κ3) is 3.64. The summed E-state index contributed by atoms with van der Waals surface area (Å²) in [6, 6.07) is 13.3. The van der Waals surface area contributed by atoms with Crippen molar-refractivity contribution in [2.45, 2.75) is 13.0 Å². The molecule has 1 aromatic heterocycles. The summed E-state index contributed by atoms with van der Waals surface area (Å²) in [4.78, 5) is 18.1. The first kappa shape index (κ1) is 15.1. The van der Waals surface area contributed by atoms with Crippen molar-refractivity contribution in [1.29, 1.82) is 0 Å². The summed E-state index contributed by atoms with van der Waals surface area (Å²) in [5.74, 6) is 1.36. The summed E-state index contributed by atoms with van der Waals surface area (Å²) in [7, 11) is 0. The van der Waals surface area contributed by atoms with E-state index in [0.717, 1.165) is 11.4 Å². The number of benzene rings is 1. The molecule has 1 N–H and O–H groups in total. The van der Waals surface area contributed by atoms with Crippen LogP contribution in [0.15, 0.2) is 58.1 Å². The lowest BCUT2D eigenvalue weighted by Gasteiger charge is -2.27. The van der Waals surface area contributed by atoms with Crippen molar-refractivity contribution in [1.82, 2.24) is 4.90 Å². The molecule has 1 amide bonds. The second-order valence-electron chi connectivity index (χ2n) is 4.51. The molecule has 1 aliphatic rings. The van der Waals surface area contributed by atoms with E-state index in [2.05, 4.69) is 10.3 Å². The maximum Gasteiger partial charge on any atom is 0.231 e. The molecule has 0 bridgehead atoms. The van der Waals surface area contributed by atoms with Gasteiger partial charge in [0.2, 0.25) is 11.9 Å². The zero-order valence-corrected chi connectivity index (χ0v) is 12.2. The number of guanidine groups is 1. The van der Waals surface area contributed by atoms with Crippen LogP contribution in [-0.2, 0) is 11.3 Å². The summed E-state index contributed by atoms with van der Waals surface area (Å²) >= 11 is 0. The van der Waals surface area contributed by atoms with Gasteiger partial charge in [0.25, 0.3) is 0 Å². The molecule has 110 valence electrons. The largest absolute Gasteiger partial charge is 0.467 e. The average Bonchev–Trinajstić information content (AvgIpc) is 2.97. The Morgan fingerprint density at radius 2 is 2.00 bits per heavy atom. The number of carbonyl (C=O) groups is 1. The minimum Gasteiger partial charge on any atom is -0.467 e. The van der Waals surface area contributed by atoms with Crippen LogP contribution in [0.3, 0.4) is 0 Å². The Morgan fingerprint density at radius 1 is 1.19 bits per heavy atom. The molecule has 0 atom stereocenters. The van der Waals surface area contributed by atoms with Gasteiger partial charge in [-0.1, -0.05) is 18.2 Å². The van der Waals surface area contributed by atoms with E-state index >= 15 is 0 Å². The van der Waals surface area contributed by atoms with E-state index in [1.54, 1.807) is 11.2 Å². The number of nitrogens with zero attached hydrogens (tertiary/aromatic N) is 2. The second-order valence-corrected chi connectivity index (χ2v) is 4.51. The highest BCUT2D eigenvalue weighted by atomic mass is 35.5. The number of anilines is 1. The zero-order chi connectivity index (χ0) is 13.8. The number of rotatable bonds is 3. The number of para-hydroxylation sites is 1. The summed E-state index contributed by atoms with van der Waals surface area (Å²) in [6.07, 6.45) is 2.03. The standard InChI is InChI=1S/C15H15N3O2.ClH/c19-14-8-9-16-15(17-12-5-2-1-3-6-12)18(14)11-13-7-4-10-20-13;/h1-7,10H,8-9,11H2,(H,16,17);1H. The highest BCUT2D eigenvalue weighted by Gasteiger charge is 2.24. The van der Waals surface area contributed by atoms with Crippen LogP contribution in [0.1, 0.15) is 12.2 Å². The average molecular weight is 306 g/mol. The minimum atomic E-state index is 0. The lowest BCUT2D eigenvalue weighted by molar-refractivity contribution is -0.128. The van der Waals surface area contributed by atoms with Gasteiger partial charge in [-0.05, 0) is 24.3 Å². The van der Waals surface area contributed by atoms with Gasteiger partial charge in [-0.2, -0.15) is 0 Å².